The van der Waals surface area contributed by atoms with E-state index in [9.17, 15) is 9.18 Å². The number of benzene rings is 2. The van der Waals surface area contributed by atoms with Crippen LogP contribution in [0.3, 0.4) is 0 Å². The molecule has 0 spiro atoms. The molecule has 0 aliphatic carbocycles. The number of ether oxygens (including phenoxy) is 1. The third-order valence-electron chi connectivity index (χ3n) is 4.04. The van der Waals surface area contributed by atoms with Crippen LogP contribution in [0.1, 0.15) is 31.9 Å². The van der Waals surface area contributed by atoms with Gasteiger partial charge in [-0.25, -0.2) is 9.18 Å². The minimum Gasteiger partial charge on any atom is -0.448 e. The molecule has 0 bridgehead atoms. The number of halogens is 1. The third kappa shape index (κ3) is 7.79. The number of carbonyl (C=O) groups excluding carboxylic acids is 1. The van der Waals surface area contributed by atoms with E-state index in [1.165, 1.54) is 0 Å². The second-order valence-corrected chi connectivity index (χ2v) is 7.66. The molecule has 0 aliphatic heterocycles. The van der Waals surface area contributed by atoms with Gasteiger partial charge in [-0.15, -0.1) is 0 Å². The fraction of sp³-hybridized carbons (Fsp3) is 0.409. The van der Waals surface area contributed by atoms with Gasteiger partial charge in [0, 0.05) is 18.6 Å². The largest absolute Gasteiger partial charge is 0.448 e. The fourth-order valence-electron chi connectivity index (χ4n) is 2.71. The van der Waals surface area contributed by atoms with Gasteiger partial charge in [-0.1, -0.05) is 60.7 Å². The second-order valence-electron chi connectivity index (χ2n) is 7.66. The zero-order chi connectivity index (χ0) is 19.7. The van der Waals surface area contributed by atoms with Crippen molar-refractivity contribution in [3.05, 3.63) is 71.8 Å². The quantitative estimate of drug-likeness (QED) is 0.739. The molecule has 1 amide bonds. The molecule has 146 valence electrons. The van der Waals surface area contributed by atoms with Crippen LogP contribution in [0.4, 0.5) is 9.18 Å². The highest BCUT2D eigenvalue weighted by molar-refractivity contribution is 5.68. The van der Waals surface area contributed by atoms with Crippen LogP contribution in [-0.4, -0.2) is 35.9 Å². The predicted molar refractivity (Wildman–Crippen MR) is 106 cm³/mol. The van der Waals surface area contributed by atoms with Crippen LogP contribution in [0, 0.1) is 0 Å². The summed E-state index contributed by atoms with van der Waals surface area (Å²) in [6.45, 7) is 6.18. The highest BCUT2D eigenvalue weighted by atomic mass is 19.1. The molecule has 2 rings (SSSR count). The monoisotopic (exact) mass is 372 g/mol. The summed E-state index contributed by atoms with van der Waals surface area (Å²) in [5.74, 6) is 0. The molecule has 1 atom stereocenters. The number of alkyl carbamates (subject to hydrolysis) is 1. The fourth-order valence-corrected chi connectivity index (χ4v) is 2.71. The molecule has 0 saturated carbocycles. The van der Waals surface area contributed by atoms with Gasteiger partial charge >= 0.3 is 6.09 Å². The van der Waals surface area contributed by atoms with Crippen LogP contribution in [0.5, 0.6) is 0 Å². The summed E-state index contributed by atoms with van der Waals surface area (Å²) in [5.41, 5.74) is 1.79. The van der Waals surface area contributed by atoms with Gasteiger partial charge in [0.05, 0.1) is 6.04 Å². The van der Waals surface area contributed by atoms with Crippen LogP contribution in [0.2, 0.25) is 0 Å². The van der Waals surface area contributed by atoms with E-state index in [2.05, 4.69) is 5.32 Å². The van der Waals surface area contributed by atoms with Crippen molar-refractivity contribution in [3.8, 4) is 0 Å². The minimum atomic E-state index is -0.595. The molecular weight excluding hydrogens is 343 g/mol. The topological polar surface area (TPSA) is 41.6 Å². The number of rotatable bonds is 8. The van der Waals surface area contributed by atoms with E-state index in [-0.39, 0.29) is 6.61 Å². The van der Waals surface area contributed by atoms with Gasteiger partial charge in [0.1, 0.15) is 13.3 Å². The summed E-state index contributed by atoms with van der Waals surface area (Å²) < 4.78 is 19.1. The smallest absolute Gasteiger partial charge is 0.407 e. The van der Waals surface area contributed by atoms with Crippen molar-refractivity contribution < 1.29 is 13.9 Å². The first-order valence-corrected chi connectivity index (χ1v) is 9.20. The van der Waals surface area contributed by atoms with E-state index in [1.807, 2.05) is 86.3 Å². The molecule has 0 aliphatic rings. The van der Waals surface area contributed by atoms with Crippen LogP contribution in [0.15, 0.2) is 60.7 Å². The van der Waals surface area contributed by atoms with E-state index in [0.29, 0.717) is 13.1 Å². The average Bonchev–Trinajstić information content (AvgIpc) is 2.62. The Balaban J connectivity index is 2.07. The molecule has 4 nitrogen and oxygen atoms in total. The lowest BCUT2D eigenvalue weighted by atomic mass is 10.1. The van der Waals surface area contributed by atoms with Gasteiger partial charge in [0.15, 0.2) is 0 Å². The zero-order valence-electron chi connectivity index (χ0n) is 16.3. The summed E-state index contributed by atoms with van der Waals surface area (Å²) in [6.07, 6.45) is -0.527. The Morgan fingerprint density at radius 2 is 1.48 bits per heavy atom. The van der Waals surface area contributed by atoms with Gasteiger partial charge in [0.2, 0.25) is 0 Å². The molecule has 0 fully saturated rings. The van der Waals surface area contributed by atoms with Gasteiger partial charge in [-0.3, -0.25) is 4.90 Å². The van der Waals surface area contributed by atoms with E-state index in [4.69, 9.17) is 4.74 Å². The van der Waals surface area contributed by atoms with Gasteiger partial charge in [-0.05, 0) is 31.9 Å². The maximum absolute atomic E-state index is 13.8. The third-order valence-corrected chi connectivity index (χ3v) is 4.04. The maximum Gasteiger partial charge on any atom is 0.407 e. The van der Waals surface area contributed by atoms with Crippen LogP contribution < -0.4 is 5.32 Å². The standard InChI is InChI=1S/C22H29FN2O2/c1-22(2,3)24-21(26)27-17-20(14-23)25(15-18-10-6-4-7-11-18)16-19-12-8-5-9-13-19/h4-13,20H,14-17H2,1-3H3,(H,24,26). The van der Waals surface area contributed by atoms with Crippen molar-refractivity contribution in [3.63, 3.8) is 0 Å². The van der Waals surface area contributed by atoms with E-state index in [1.54, 1.807) is 0 Å². The van der Waals surface area contributed by atoms with E-state index >= 15 is 0 Å². The van der Waals surface area contributed by atoms with Crippen molar-refractivity contribution in [2.24, 2.45) is 0 Å². The molecule has 2 aromatic carbocycles. The van der Waals surface area contributed by atoms with Crippen LogP contribution in [0.25, 0.3) is 0 Å². The Morgan fingerprint density at radius 1 is 1.00 bits per heavy atom. The van der Waals surface area contributed by atoms with Gasteiger partial charge in [0.25, 0.3) is 0 Å². The lowest BCUT2D eigenvalue weighted by Gasteiger charge is -2.30. The van der Waals surface area contributed by atoms with Crippen molar-refractivity contribution in [2.45, 2.75) is 45.4 Å². The van der Waals surface area contributed by atoms with Crippen molar-refractivity contribution in [1.82, 2.24) is 10.2 Å². The van der Waals surface area contributed by atoms with Crippen molar-refractivity contribution >= 4 is 6.09 Å². The molecule has 27 heavy (non-hydrogen) atoms. The molecule has 1 N–H and O–H groups in total. The van der Waals surface area contributed by atoms with Crippen molar-refractivity contribution in [2.75, 3.05) is 13.3 Å². The molecule has 0 saturated heterocycles. The first-order chi connectivity index (χ1) is 12.9. The Labute approximate surface area is 161 Å². The lowest BCUT2D eigenvalue weighted by Crippen LogP contribution is -2.44. The molecule has 0 radical (unpaired) electrons. The molecule has 0 heterocycles. The lowest BCUT2D eigenvalue weighted by molar-refractivity contribution is 0.0653. The normalized spacial score (nSPS) is 12.6. The number of hydrogen-bond donors (Lipinski definition) is 1. The highest BCUT2D eigenvalue weighted by Crippen LogP contribution is 2.15. The highest BCUT2D eigenvalue weighted by Gasteiger charge is 2.22. The number of hydrogen-bond acceptors (Lipinski definition) is 3. The summed E-state index contributed by atoms with van der Waals surface area (Å²) in [6, 6.07) is 19.3. The average molecular weight is 372 g/mol. The molecular formula is C22H29FN2O2. The summed E-state index contributed by atoms with van der Waals surface area (Å²) in [7, 11) is 0. The van der Waals surface area contributed by atoms with Crippen LogP contribution >= 0.6 is 0 Å². The Morgan fingerprint density at radius 3 is 1.89 bits per heavy atom. The number of nitrogens with zero attached hydrogens (tertiary/aromatic N) is 1. The molecule has 1 unspecified atom stereocenters. The number of amides is 1. The number of nitrogens with one attached hydrogen (secondary N) is 1. The summed E-state index contributed by atoms with van der Waals surface area (Å²) >= 11 is 0. The molecule has 0 aromatic heterocycles. The van der Waals surface area contributed by atoms with E-state index in [0.717, 1.165) is 11.1 Å². The Bertz CT molecular complexity index is 645. The maximum atomic E-state index is 13.8. The van der Waals surface area contributed by atoms with Gasteiger partial charge < -0.3 is 10.1 Å². The molecule has 5 heteroatoms. The van der Waals surface area contributed by atoms with E-state index < -0.39 is 24.3 Å². The van der Waals surface area contributed by atoms with Crippen LogP contribution in [-0.2, 0) is 17.8 Å². The first kappa shape index (κ1) is 20.9. The SMILES string of the molecule is CC(C)(C)NC(=O)OCC(CF)N(Cc1ccccc1)Cc1ccccc1. The Hall–Kier alpha value is -2.40. The number of carbonyl (C=O) groups is 1. The van der Waals surface area contributed by atoms with Gasteiger partial charge in [-0.2, -0.15) is 0 Å². The number of alkyl halides is 1. The van der Waals surface area contributed by atoms with Crippen molar-refractivity contribution in [1.29, 1.82) is 0 Å². The molecule has 2 aromatic rings. The second kappa shape index (κ2) is 10.1. The first-order valence-electron chi connectivity index (χ1n) is 9.20. The Kier molecular flexibility index (Phi) is 7.80. The summed E-state index contributed by atoms with van der Waals surface area (Å²) in [5, 5.41) is 2.73. The zero-order valence-corrected chi connectivity index (χ0v) is 16.3. The predicted octanol–water partition coefficient (Wildman–Crippen LogP) is 4.55. The minimum absolute atomic E-state index is 0.00190. The summed E-state index contributed by atoms with van der Waals surface area (Å²) in [4.78, 5) is 14.0.